The molecule has 7 nitrogen and oxygen atoms in total. The van der Waals surface area contributed by atoms with Crippen molar-refractivity contribution in [3.63, 3.8) is 0 Å². The van der Waals surface area contributed by atoms with Crippen LogP contribution in [0.5, 0.6) is 0 Å². The Bertz CT molecular complexity index is 1030. The number of benzene rings is 2. The molecule has 0 saturated carbocycles. The van der Waals surface area contributed by atoms with Crippen molar-refractivity contribution in [2.24, 2.45) is 11.8 Å². The Morgan fingerprint density at radius 3 is 2.29 bits per heavy atom. The van der Waals surface area contributed by atoms with Gasteiger partial charge in [0.05, 0.1) is 6.04 Å². The fourth-order valence-corrected chi connectivity index (χ4v) is 4.88. The summed E-state index contributed by atoms with van der Waals surface area (Å²) >= 11 is 0. The van der Waals surface area contributed by atoms with Crippen LogP contribution in [0.3, 0.4) is 0 Å². The second-order valence-electron chi connectivity index (χ2n) is 10.4. The SMILES string of the molecule is CC(C)(C)OC(=O)N1CC[C@H](C(Cc2ccccc2)C(=O)N2C(=O)OC[C@@H]2Cc2ccccc2)C1. The lowest BCUT2D eigenvalue weighted by atomic mass is 9.84. The average Bonchev–Trinajstić information content (AvgIpc) is 3.45. The molecular weight excluding hydrogens is 444 g/mol. The van der Waals surface area contributed by atoms with E-state index in [1.54, 1.807) is 4.90 Å². The second kappa shape index (κ2) is 10.5. The molecule has 4 rings (SSSR count). The summed E-state index contributed by atoms with van der Waals surface area (Å²) in [4.78, 5) is 42.3. The third-order valence-corrected chi connectivity index (χ3v) is 6.57. The summed E-state index contributed by atoms with van der Waals surface area (Å²) in [5, 5.41) is 0. The Labute approximate surface area is 207 Å². The molecular formula is C28H34N2O5. The first-order valence-corrected chi connectivity index (χ1v) is 12.3. The number of imide groups is 1. The summed E-state index contributed by atoms with van der Waals surface area (Å²) in [6, 6.07) is 19.3. The van der Waals surface area contributed by atoms with E-state index in [1.165, 1.54) is 4.90 Å². The van der Waals surface area contributed by atoms with Gasteiger partial charge in [-0.15, -0.1) is 0 Å². The van der Waals surface area contributed by atoms with Gasteiger partial charge in [0.1, 0.15) is 12.2 Å². The van der Waals surface area contributed by atoms with Crippen molar-refractivity contribution in [2.75, 3.05) is 19.7 Å². The summed E-state index contributed by atoms with van der Waals surface area (Å²) in [6.07, 6.45) is 0.762. The molecule has 7 heteroatoms. The zero-order chi connectivity index (χ0) is 25.0. The Balaban J connectivity index is 1.54. The number of likely N-dealkylation sites (tertiary alicyclic amines) is 1. The monoisotopic (exact) mass is 478 g/mol. The van der Waals surface area contributed by atoms with Gasteiger partial charge in [0.2, 0.25) is 5.91 Å². The minimum atomic E-state index is -0.587. The van der Waals surface area contributed by atoms with Crippen molar-refractivity contribution in [1.82, 2.24) is 9.80 Å². The number of rotatable bonds is 6. The fraction of sp³-hybridized carbons (Fsp3) is 0.464. The third-order valence-electron chi connectivity index (χ3n) is 6.57. The van der Waals surface area contributed by atoms with Crippen LogP contribution in [0, 0.1) is 11.8 Å². The van der Waals surface area contributed by atoms with Gasteiger partial charge < -0.3 is 14.4 Å². The van der Waals surface area contributed by atoms with Crippen molar-refractivity contribution < 1.29 is 23.9 Å². The highest BCUT2D eigenvalue weighted by atomic mass is 16.6. The largest absolute Gasteiger partial charge is 0.447 e. The van der Waals surface area contributed by atoms with Gasteiger partial charge in [-0.1, -0.05) is 60.7 Å². The molecule has 0 radical (unpaired) electrons. The molecule has 0 aromatic heterocycles. The number of amides is 3. The van der Waals surface area contributed by atoms with E-state index < -0.39 is 17.6 Å². The highest BCUT2D eigenvalue weighted by molar-refractivity contribution is 5.95. The van der Waals surface area contributed by atoms with Crippen molar-refractivity contribution in [3.05, 3.63) is 71.8 Å². The molecule has 0 aliphatic carbocycles. The Morgan fingerprint density at radius 1 is 1.03 bits per heavy atom. The number of ether oxygens (including phenoxy) is 2. The molecule has 2 aliphatic rings. The lowest BCUT2D eigenvalue weighted by Gasteiger charge is -2.29. The standard InChI is InChI=1S/C28H34N2O5/c1-28(2,3)35-26(32)29-15-14-22(18-29)24(17-21-12-8-5-9-13-21)25(31)30-23(19-34-27(30)33)16-20-10-6-4-7-11-20/h4-13,22-24H,14-19H2,1-3H3/t22-,23-,24?/m0/s1. The molecule has 2 aliphatic heterocycles. The van der Waals surface area contributed by atoms with Crippen LogP contribution < -0.4 is 0 Å². The van der Waals surface area contributed by atoms with Crippen molar-refractivity contribution in [2.45, 2.75) is 51.7 Å². The molecule has 0 spiro atoms. The first-order chi connectivity index (χ1) is 16.7. The maximum atomic E-state index is 13.9. The van der Waals surface area contributed by atoms with E-state index in [0.29, 0.717) is 32.4 Å². The van der Waals surface area contributed by atoms with E-state index in [4.69, 9.17) is 9.47 Å². The summed E-state index contributed by atoms with van der Waals surface area (Å²) in [7, 11) is 0. The van der Waals surface area contributed by atoms with Crippen LogP contribution in [0.25, 0.3) is 0 Å². The smallest absolute Gasteiger partial charge is 0.416 e. The highest BCUT2D eigenvalue weighted by Gasteiger charge is 2.45. The number of hydrogen-bond donors (Lipinski definition) is 0. The summed E-state index contributed by atoms with van der Waals surface area (Å²) in [5.74, 6) is -0.761. The first kappa shape index (κ1) is 24.8. The number of hydrogen-bond acceptors (Lipinski definition) is 5. The number of nitrogens with zero attached hydrogens (tertiary/aromatic N) is 2. The van der Waals surface area contributed by atoms with Crippen molar-refractivity contribution in [1.29, 1.82) is 0 Å². The van der Waals surface area contributed by atoms with Gasteiger partial charge >= 0.3 is 12.2 Å². The Hall–Kier alpha value is -3.35. The molecule has 186 valence electrons. The third kappa shape index (κ3) is 6.21. The summed E-state index contributed by atoms with van der Waals surface area (Å²) in [6.45, 7) is 6.65. The predicted octanol–water partition coefficient (Wildman–Crippen LogP) is 4.69. The van der Waals surface area contributed by atoms with Gasteiger partial charge in [0.15, 0.2) is 0 Å². The Kier molecular flexibility index (Phi) is 7.43. The molecule has 1 unspecified atom stereocenters. The summed E-state index contributed by atoms with van der Waals surface area (Å²) in [5.41, 5.74) is 1.48. The molecule has 2 aromatic carbocycles. The molecule has 35 heavy (non-hydrogen) atoms. The number of cyclic esters (lactones) is 1. The van der Waals surface area contributed by atoms with Crippen LogP contribution in [-0.4, -0.2) is 59.2 Å². The number of carbonyl (C=O) groups excluding carboxylic acids is 3. The first-order valence-electron chi connectivity index (χ1n) is 12.3. The molecule has 2 saturated heterocycles. The van der Waals surface area contributed by atoms with Crippen LogP contribution in [0.15, 0.2) is 60.7 Å². The van der Waals surface area contributed by atoms with Crippen molar-refractivity contribution >= 4 is 18.1 Å². The molecule has 2 heterocycles. The van der Waals surface area contributed by atoms with E-state index in [-0.39, 0.29) is 30.6 Å². The lowest BCUT2D eigenvalue weighted by molar-refractivity contribution is -0.135. The normalized spacial score (nSPS) is 21.1. The maximum absolute atomic E-state index is 13.9. The second-order valence-corrected chi connectivity index (χ2v) is 10.4. The zero-order valence-electron chi connectivity index (χ0n) is 20.7. The quantitative estimate of drug-likeness (QED) is 0.602. The van der Waals surface area contributed by atoms with Crippen LogP contribution in [0.2, 0.25) is 0 Å². The van der Waals surface area contributed by atoms with E-state index in [9.17, 15) is 14.4 Å². The van der Waals surface area contributed by atoms with Crippen molar-refractivity contribution in [3.8, 4) is 0 Å². The van der Waals surface area contributed by atoms with Gasteiger partial charge in [-0.25, -0.2) is 14.5 Å². The van der Waals surface area contributed by atoms with E-state index in [1.807, 2.05) is 81.4 Å². The van der Waals surface area contributed by atoms with E-state index in [2.05, 4.69) is 0 Å². The molecule has 0 N–H and O–H groups in total. The van der Waals surface area contributed by atoms with Gasteiger partial charge in [-0.3, -0.25) is 4.79 Å². The van der Waals surface area contributed by atoms with E-state index >= 15 is 0 Å². The topological polar surface area (TPSA) is 76.2 Å². The van der Waals surface area contributed by atoms with Crippen LogP contribution in [-0.2, 0) is 27.1 Å². The predicted molar refractivity (Wildman–Crippen MR) is 132 cm³/mol. The average molecular weight is 479 g/mol. The molecule has 3 amide bonds. The van der Waals surface area contributed by atoms with Gasteiger partial charge in [-0.05, 0) is 57.1 Å². The fourth-order valence-electron chi connectivity index (χ4n) is 4.88. The molecule has 0 bridgehead atoms. The molecule has 2 fully saturated rings. The van der Waals surface area contributed by atoms with Gasteiger partial charge in [0, 0.05) is 19.0 Å². The Morgan fingerprint density at radius 2 is 1.66 bits per heavy atom. The zero-order valence-corrected chi connectivity index (χ0v) is 20.7. The minimum absolute atomic E-state index is 0.0824. The lowest BCUT2D eigenvalue weighted by Crippen LogP contribution is -2.46. The van der Waals surface area contributed by atoms with Gasteiger partial charge in [0.25, 0.3) is 0 Å². The number of carbonyl (C=O) groups is 3. The van der Waals surface area contributed by atoms with Gasteiger partial charge in [-0.2, -0.15) is 0 Å². The van der Waals surface area contributed by atoms with Crippen LogP contribution >= 0.6 is 0 Å². The minimum Gasteiger partial charge on any atom is -0.447 e. The van der Waals surface area contributed by atoms with Crippen LogP contribution in [0.1, 0.15) is 38.3 Å². The van der Waals surface area contributed by atoms with Crippen LogP contribution in [0.4, 0.5) is 9.59 Å². The maximum Gasteiger partial charge on any atom is 0.416 e. The molecule has 2 aromatic rings. The highest BCUT2D eigenvalue weighted by Crippen LogP contribution is 2.32. The van der Waals surface area contributed by atoms with E-state index in [0.717, 1.165) is 11.1 Å². The summed E-state index contributed by atoms with van der Waals surface area (Å²) < 4.78 is 10.9. The molecule has 3 atom stereocenters.